The SMILES string of the molecule is Cc1ccc(C(N)C(=O)NCc2c(C)nn(C)c2C)cc1. The van der Waals surface area contributed by atoms with Gasteiger partial charge in [-0.15, -0.1) is 0 Å². The fraction of sp³-hybridized carbons (Fsp3) is 0.375. The van der Waals surface area contributed by atoms with E-state index in [0.29, 0.717) is 6.54 Å². The summed E-state index contributed by atoms with van der Waals surface area (Å²) in [6.07, 6.45) is 0. The third kappa shape index (κ3) is 3.31. The number of aromatic nitrogens is 2. The second kappa shape index (κ2) is 6.10. The van der Waals surface area contributed by atoms with Crippen LogP contribution < -0.4 is 11.1 Å². The number of rotatable bonds is 4. The van der Waals surface area contributed by atoms with E-state index in [-0.39, 0.29) is 5.91 Å². The monoisotopic (exact) mass is 286 g/mol. The highest BCUT2D eigenvalue weighted by molar-refractivity contribution is 5.82. The van der Waals surface area contributed by atoms with Crippen molar-refractivity contribution < 1.29 is 4.79 Å². The summed E-state index contributed by atoms with van der Waals surface area (Å²) < 4.78 is 1.82. The molecule has 0 radical (unpaired) electrons. The topological polar surface area (TPSA) is 72.9 Å². The minimum Gasteiger partial charge on any atom is -0.350 e. The van der Waals surface area contributed by atoms with Gasteiger partial charge in [0.05, 0.1) is 5.69 Å². The van der Waals surface area contributed by atoms with Crippen LogP contribution in [0.25, 0.3) is 0 Å². The Bertz CT molecular complexity index is 643. The summed E-state index contributed by atoms with van der Waals surface area (Å²) in [6.45, 7) is 6.38. The molecule has 0 aliphatic heterocycles. The average molecular weight is 286 g/mol. The summed E-state index contributed by atoms with van der Waals surface area (Å²) in [5, 5.41) is 7.22. The largest absolute Gasteiger partial charge is 0.350 e. The van der Waals surface area contributed by atoms with Gasteiger partial charge in [-0.2, -0.15) is 5.10 Å². The zero-order valence-electron chi connectivity index (χ0n) is 13.0. The molecule has 0 saturated heterocycles. The van der Waals surface area contributed by atoms with E-state index in [9.17, 15) is 4.79 Å². The highest BCUT2D eigenvalue weighted by Gasteiger charge is 2.17. The van der Waals surface area contributed by atoms with Gasteiger partial charge < -0.3 is 11.1 Å². The molecule has 112 valence electrons. The Balaban J connectivity index is 2.03. The minimum absolute atomic E-state index is 0.179. The maximum atomic E-state index is 12.2. The predicted octanol–water partition coefficient (Wildman–Crippen LogP) is 1.66. The molecule has 5 heteroatoms. The van der Waals surface area contributed by atoms with E-state index in [1.807, 2.05) is 56.8 Å². The fourth-order valence-corrected chi connectivity index (χ4v) is 2.28. The second-order valence-electron chi connectivity index (χ2n) is 5.38. The number of hydrogen-bond acceptors (Lipinski definition) is 3. The molecule has 2 aromatic rings. The van der Waals surface area contributed by atoms with Gasteiger partial charge in [-0.1, -0.05) is 29.8 Å². The summed E-state index contributed by atoms with van der Waals surface area (Å²) >= 11 is 0. The Morgan fingerprint density at radius 1 is 1.29 bits per heavy atom. The Labute approximate surface area is 125 Å². The summed E-state index contributed by atoms with van der Waals surface area (Å²) in [7, 11) is 1.89. The lowest BCUT2D eigenvalue weighted by Gasteiger charge is -2.13. The minimum atomic E-state index is -0.650. The first kappa shape index (κ1) is 15.3. The maximum Gasteiger partial charge on any atom is 0.241 e. The Hall–Kier alpha value is -2.14. The molecule has 1 amide bonds. The highest BCUT2D eigenvalue weighted by Crippen LogP contribution is 2.14. The van der Waals surface area contributed by atoms with Crippen molar-refractivity contribution in [3.05, 3.63) is 52.3 Å². The Kier molecular flexibility index (Phi) is 4.43. The van der Waals surface area contributed by atoms with Crippen LogP contribution in [0.4, 0.5) is 0 Å². The highest BCUT2D eigenvalue weighted by atomic mass is 16.2. The van der Waals surface area contributed by atoms with Gasteiger partial charge in [0, 0.05) is 24.8 Å². The number of hydrogen-bond donors (Lipinski definition) is 2. The van der Waals surface area contributed by atoms with Crippen LogP contribution in [0, 0.1) is 20.8 Å². The van der Waals surface area contributed by atoms with E-state index in [4.69, 9.17) is 5.73 Å². The number of benzene rings is 1. The van der Waals surface area contributed by atoms with Crippen LogP contribution in [-0.2, 0) is 18.4 Å². The molecule has 2 rings (SSSR count). The van der Waals surface area contributed by atoms with Crippen molar-refractivity contribution in [2.75, 3.05) is 0 Å². The lowest BCUT2D eigenvalue weighted by atomic mass is 10.1. The number of carbonyl (C=O) groups is 1. The zero-order valence-corrected chi connectivity index (χ0v) is 13.0. The number of nitrogens with zero attached hydrogens (tertiary/aromatic N) is 2. The first-order valence-electron chi connectivity index (χ1n) is 6.99. The lowest BCUT2D eigenvalue weighted by molar-refractivity contribution is -0.122. The fourth-order valence-electron chi connectivity index (χ4n) is 2.28. The second-order valence-corrected chi connectivity index (χ2v) is 5.38. The molecule has 21 heavy (non-hydrogen) atoms. The molecule has 0 aliphatic rings. The third-order valence-electron chi connectivity index (χ3n) is 3.82. The van der Waals surface area contributed by atoms with Gasteiger partial charge in [-0.3, -0.25) is 9.48 Å². The number of carbonyl (C=O) groups excluding carboxylic acids is 1. The molecular weight excluding hydrogens is 264 g/mol. The molecule has 3 N–H and O–H groups in total. The molecule has 0 fully saturated rings. The maximum absolute atomic E-state index is 12.2. The van der Waals surface area contributed by atoms with E-state index in [1.54, 1.807) is 0 Å². The molecule has 0 saturated carbocycles. The molecule has 0 spiro atoms. The Morgan fingerprint density at radius 2 is 1.90 bits per heavy atom. The van der Waals surface area contributed by atoms with E-state index < -0.39 is 6.04 Å². The molecule has 0 aliphatic carbocycles. The van der Waals surface area contributed by atoms with Crippen LogP contribution >= 0.6 is 0 Å². The van der Waals surface area contributed by atoms with E-state index >= 15 is 0 Å². The summed E-state index contributed by atoms with van der Waals surface area (Å²) in [5.74, 6) is -0.179. The molecule has 1 unspecified atom stereocenters. The zero-order chi connectivity index (χ0) is 15.6. The van der Waals surface area contributed by atoms with Gasteiger partial charge in [0.2, 0.25) is 5.91 Å². The first-order chi connectivity index (χ1) is 9.90. The van der Waals surface area contributed by atoms with Gasteiger partial charge in [-0.05, 0) is 26.3 Å². The molecule has 1 aromatic carbocycles. The van der Waals surface area contributed by atoms with Crippen molar-refractivity contribution in [3.8, 4) is 0 Å². The van der Waals surface area contributed by atoms with Crippen molar-refractivity contribution in [2.45, 2.75) is 33.4 Å². The van der Waals surface area contributed by atoms with Crippen molar-refractivity contribution in [3.63, 3.8) is 0 Å². The summed E-state index contributed by atoms with van der Waals surface area (Å²) in [6, 6.07) is 7.04. The quantitative estimate of drug-likeness (QED) is 0.898. The van der Waals surface area contributed by atoms with Crippen molar-refractivity contribution >= 4 is 5.91 Å². The molecule has 5 nitrogen and oxygen atoms in total. The number of amides is 1. The number of aryl methyl sites for hydroxylation is 3. The molecular formula is C16H22N4O. The van der Waals surface area contributed by atoms with Gasteiger partial charge in [0.25, 0.3) is 0 Å². The Morgan fingerprint density at radius 3 is 2.43 bits per heavy atom. The summed E-state index contributed by atoms with van der Waals surface area (Å²) in [4.78, 5) is 12.2. The van der Waals surface area contributed by atoms with E-state index in [1.165, 1.54) is 0 Å². The van der Waals surface area contributed by atoms with Crippen LogP contribution in [-0.4, -0.2) is 15.7 Å². The first-order valence-corrected chi connectivity index (χ1v) is 6.99. The van der Waals surface area contributed by atoms with Crippen LogP contribution in [0.3, 0.4) is 0 Å². The van der Waals surface area contributed by atoms with Gasteiger partial charge in [0.1, 0.15) is 6.04 Å². The van der Waals surface area contributed by atoms with Crippen LogP contribution in [0.1, 0.15) is 34.1 Å². The number of nitrogens with two attached hydrogens (primary N) is 1. The number of nitrogens with one attached hydrogen (secondary N) is 1. The van der Waals surface area contributed by atoms with Crippen LogP contribution in [0.2, 0.25) is 0 Å². The van der Waals surface area contributed by atoms with Gasteiger partial charge >= 0.3 is 0 Å². The molecule has 0 bridgehead atoms. The van der Waals surface area contributed by atoms with Crippen molar-refractivity contribution in [1.82, 2.24) is 15.1 Å². The predicted molar refractivity (Wildman–Crippen MR) is 82.6 cm³/mol. The third-order valence-corrected chi connectivity index (χ3v) is 3.82. The van der Waals surface area contributed by atoms with Crippen molar-refractivity contribution in [2.24, 2.45) is 12.8 Å². The normalized spacial score (nSPS) is 12.2. The molecule has 1 heterocycles. The molecule has 1 atom stereocenters. The van der Waals surface area contributed by atoms with Crippen LogP contribution in [0.5, 0.6) is 0 Å². The lowest BCUT2D eigenvalue weighted by Crippen LogP contribution is -2.33. The molecule has 1 aromatic heterocycles. The summed E-state index contributed by atoms with van der Waals surface area (Å²) in [5.41, 5.74) is 11.0. The van der Waals surface area contributed by atoms with E-state index in [0.717, 1.165) is 28.1 Å². The van der Waals surface area contributed by atoms with Gasteiger partial charge in [-0.25, -0.2) is 0 Å². The average Bonchev–Trinajstić information content (AvgIpc) is 2.70. The van der Waals surface area contributed by atoms with E-state index in [2.05, 4.69) is 10.4 Å². The van der Waals surface area contributed by atoms with Crippen molar-refractivity contribution in [1.29, 1.82) is 0 Å². The standard InChI is InChI=1S/C16H22N4O/c1-10-5-7-13(8-6-10)15(17)16(21)18-9-14-11(2)19-20(4)12(14)3/h5-8,15H,9,17H2,1-4H3,(H,18,21). The smallest absolute Gasteiger partial charge is 0.241 e. The van der Waals surface area contributed by atoms with Crippen LogP contribution in [0.15, 0.2) is 24.3 Å². The van der Waals surface area contributed by atoms with Gasteiger partial charge in [0.15, 0.2) is 0 Å².